The molecule has 3 heterocycles. The van der Waals surface area contributed by atoms with Crippen molar-refractivity contribution in [3.63, 3.8) is 0 Å². The summed E-state index contributed by atoms with van der Waals surface area (Å²) < 4.78 is 5.42. The van der Waals surface area contributed by atoms with E-state index in [1.807, 2.05) is 6.07 Å². The molecule has 6 nitrogen and oxygen atoms in total. The van der Waals surface area contributed by atoms with E-state index in [2.05, 4.69) is 5.16 Å². The Morgan fingerprint density at radius 2 is 2.19 bits per heavy atom. The van der Waals surface area contributed by atoms with E-state index in [0.717, 1.165) is 21.8 Å². The zero-order valence-corrected chi connectivity index (χ0v) is 15.5. The van der Waals surface area contributed by atoms with Crippen LogP contribution in [0.3, 0.4) is 0 Å². The van der Waals surface area contributed by atoms with Gasteiger partial charge in [0.15, 0.2) is 0 Å². The Kier molecular flexibility index (Phi) is 4.42. The van der Waals surface area contributed by atoms with Gasteiger partial charge < -0.3 is 14.5 Å². The van der Waals surface area contributed by atoms with Gasteiger partial charge in [-0.2, -0.15) is 0 Å². The summed E-state index contributed by atoms with van der Waals surface area (Å²) in [5.74, 6) is -0.514. The number of amides is 1. The lowest BCUT2D eigenvalue weighted by atomic mass is 10.1. The Morgan fingerprint density at radius 1 is 1.35 bits per heavy atom. The molecular formula is C18H15ClN2O4S. The van der Waals surface area contributed by atoms with E-state index < -0.39 is 6.10 Å². The summed E-state index contributed by atoms with van der Waals surface area (Å²) in [4.78, 5) is 32.5. The average Bonchev–Trinajstić information content (AvgIpc) is 3.38. The van der Waals surface area contributed by atoms with Crippen molar-refractivity contribution in [2.24, 2.45) is 5.16 Å². The van der Waals surface area contributed by atoms with Gasteiger partial charge in [-0.25, -0.2) is 4.79 Å². The summed E-state index contributed by atoms with van der Waals surface area (Å²) >= 11 is 7.37. The van der Waals surface area contributed by atoms with Crippen LogP contribution in [0.15, 0.2) is 35.5 Å². The molecule has 2 aromatic rings. The van der Waals surface area contributed by atoms with E-state index in [1.54, 1.807) is 29.2 Å². The van der Waals surface area contributed by atoms with E-state index >= 15 is 0 Å². The second kappa shape index (κ2) is 6.74. The van der Waals surface area contributed by atoms with Crippen LogP contribution in [0.2, 0.25) is 4.34 Å². The van der Waals surface area contributed by atoms with Crippen molar-refractivity contribution in [2.45, 2.75) is 18.9 Å². The molecule has 134 valence electrons. The van der Waals surface area contributed by atoms with E-state index in [1.165, 1.54) is 18.4 Å². The molecule has 0 spiro atoms. The van der Waals surface area contributed by atoms with Gasteiger partial charge in [-0.15, -0.1) is 11.3 Å². The Hall–Kier alpha value is -2.38. The quantitative estimate of drug-likeness (QED) is 0.754. The zero-order valence-electron chi connectivity index (χ0n) is 13.9. The Balaban J connectivity index is 1.49. The predicted octanol–water partition coefficient (Wildman–Crippen LogP) is 3.27. The molecule has 0 N–H and O–H groups in total. The van der Waals surface area contributed by atoms with Gasteiger partial charge >= 0.3 is 5.97 Å². The highest BCUT2D eigenvalue weighted by molar-refractivity contribution is 7.18. The second-order valence-corrected chi connectivity index (χ2v) is 7.73. The summed E-state index contributed by atoms with van der Waals surface area (Å²) in [7, 11) is 1.35. The van der Waals surface area contributed by atoms with Gasteiger partial charge in [0.25, 0.3) is 5.91 Å². The number of methoxy groups -OCH3 is 1. The smallest absolute Gasteiger partial charge is 0.337 e. The number of oxime groups is 1. The summed E-state index contributed by atoms with van der Waals surface area (Å²) in [5, 5.41) is 4.06. The van der Waals surface area contributed by atoms with Crippen LogP contribution in [0.4, 0.5) is 5.69 Å². The summed E-state index contributed by atoms with van der Waals surface area (Å²) in [6, 6.07) is 8.90. The number of halogens is 1. The van der Waals surface area contributed by atoms with Crippen molar-refractivity contribution in [3.8, 4) is 0 Å². The predicted molar refractivity (Wildman–Crippen MR) is 99.2 cm³/mol. The lowest BCUT2D eigenvalue weighted by Crippen LogP contribution is -2.38. The number of carbonyl (C=O) groups excluding carboxylic acids is 2. The van der Waals surface area contributed by atoms with Crippen LogP contribution in [0.1, 0.15) is 27.2 Å². The van der Waals surface area contributed by atoms with Gasteiger partial charge in [-0.05, 0) is 42.3 Å². The molecule has 2 aliphatic rings. The van der Waals surface area contributed by atoms with Crippen molar-refractivity contribution in [2.75, 3.05) is 18.6 Å². The standard InChI is InChI=1S/C18H15ClN2O4S/c1-24-18(23)11-2-3-13-10(8-11)6-7-21(13)17(22)14-9-12(20-25-14)15-4-5-16(19)26-15/h2-5,8,14H,6-7,9H2,1H3. The first-order valence-corrected chi connectivity index (χ1v) is 9.27. The lowest BCUT2D eigenvalue weighted by molar-refractivity contribution is -0.128. The monoisotopic (exact) mass is 390 g/mol. The molecule has 0 aliphatic carbocycles. The number of carbonyl (C=O) groups is 2. The maximum absolute atomic E-state index is 12.9. The highest BCUT2D eigenvalue weighted by Gasteiger charge is 2.36. The third kappa shape index (κ3) is 2.97. The minimum absolute atomic E-state index is 0.129. The van der Waals surface area contributed by atoms with Gasteiger partial charge in [0.1, 0.15) is 5.71 Å². The van der Waals surface area contributed by atoms with Crippen molar-refractivity contribution in [1.29, 1.82) is 0 Å². The molecular weight excluding hydrogens is 376 g/mol. The summed E-state index contributed by atoms with van der Waals surface area (Å²) in [6.07, 6.45) is 0.464. The molecule has 0 saturated heterocycles. The van der Waals surface area contributed by atoms with Gasteiger partial charge in [0.05, 0.1) is 21.9 Å². The number of hydrogen-bond acceptors (Lipinski definition) is 6. The Labute approximate surface area is 158 Å². The number of anilines is 1. The van der Waals surface area contributed by atoms with Crippen LogP contribution in [0.25, 0.3) is 0 Å². The van der Waals surface area contributed by atoms with E-state index in [9.17, 15) is 9.59 Å². The Bertz CT molecular complexity index is 924. The molecule has 4 rings (SSSR count). The molecule has 26 heavy (non-hydrogen) atoms. The molecule has 0 radical (unpaired) electrons. The number of rotatable bonds is 3. The molecule has 1 unspecified atom stereocenters. The molecule has 0 saturated carbocycles. The SMILES string of the molecule is COC(=O)c1ccc2c(c1)CCN2C(=O)C1CC(c2ccc(Cl)s2)=NO1. The highest BCUT2D eigenvalue weighted by Crippen LogP contribution is 2.32. The third-order valence-electron chi connectivity index (χ3n) is 4.46. The summed E-state index contributed by atoms with van der Waals surface area (Å²) in [5.41, 5.74) is 2.97. The molecule has 2 aliphatic heterocycles. The van der Waals surface area contributed by atoms with Crippen molar-refractivity contribution < 1.29 is 19.2 Å². The lowest BCUT2D eigenvalue weighted by Gasteiger charge is -2.20. The van der Waals surface area contributed by atoms with Gasteiger partial charge in [-0.1, -0.05) is 16.8 Å². The fraction of sp³-hybridized carbons (Fsp3) is 0.278. The normalized spacial score (nSPS) is 18.3. The van der Waals surface area contributed by atoms with Crippen molar-refractivity contribution in [1.82, 2.24) is 0 Å². The van der Waals surface area contributed by atoms with Crippen LogP contribution < -0.4 is 4.90 Å². The number of thiophene rings is 1. The number of fused-ring (bicyclic) bond motifs is 1. The van der Waals surface area contributed by atoms with Crippen molar-refractivity contribution in [3.05, 3.63) is 50.7 Å². The van der Waals surface area contributed by atoms with Crippen LogP contribution in [0.5, 0.6) is 0 Å². The maximum Gasteiger partial charge on any atom is 0.337 e. The molecule has 1 amide bonds. The fourth-order valence-electron chi connectivity index (χ4n) is 3.17. The average molecular weight is 391 g/mol. The summed E-state index contributed by atoms with van der Waals surface area (Å²) in [6.45, 7) is 0.554. The zero-order chi connectivity index (χ0) is 18.3. The van der Waals surface area contributed by atoms with E-state index in [4.69, 9.17) is 21.2 Å². The maximum atomic E-state index is 12.9. The van der Waals surface area contributed by atoms with Crippen LogP contribution >= 0.6 is 22.9 Å². The first-order valence-electron chi connectivity index (χ1n) is 8.08. The Morgan fingerprint density at radius 3 is 2.92 bits per heavy atom. The van der Waals surface area contributed by atoms with Gasteiger partial charge in [0.2, 0.25) is 6.10 Å². The molecule has 1 atom stereocenters. The van der Waals surface area contributed by atoms with Crippen LogP contribution in [-0.2, 0) is 20.8 Å². The molecule has 1 aromatic carbocycles. The second-order valence-electron chi connectivity index (χ2n) is 6.01. The van der Waals surface area contributed by atoms with Crippen molar-refractivity contribution >= 4 is 46.2 Å². The minimum atomic E-state index is -0.642. The fourth-order valence-corrected chi connectivity index (χ4v) is 4.21. The third-order valence-corrected chi connectivity index (χ3v) is 5.74. The minimum Gasteiger partial charge on any atom is -0.465 e. The van der Waals surface area contributed by atoms with Crippen LogP contribution in [-0.4, -0.2) is 37.3 Å². The van der Waals surface area contributed by atoms with Gasteiger partial charge in [-0.3, -0.25) is 4.79 Å². The van der Waals surface area contributed by atoms with E-state index in [-0.39, 0.29) is 11.9 Å². The van der Waals surface area contributed by atoms with E-state index in [0.29, 0.717) is 29.3 Å². The topological polar surface area (TPSA) is 68.2 Å². The number of hydrogen-bond donors (Lipinski definition) is 0. The molecule has 0 bridgehead atoms. The molecule has 0 fully saturated rings. The number of benzene rings is 1. The van der Waals surface area contributed by atoms with Crippen LogP contribution in [0, 0.1) is 0 Å². The highest BCUT2D eigenvalue weighted by atomic mass is 35.5. The number of nitrogens with zero attached hydrogens (tertiary/aromatic N) is 2. The molecule has 8 heteroatoms. The largest absolute Gasteiger partial charge is 0.465 e. The number of esters is 1. The molecule has 1 aromatic heterocycles. The first kappa shape index (κ1) is 17.1. The van der Waals surface area contributed by atoms with Gasteiger partial charge in [0, 0.05) is 18.7 Å². The number of ether oxygens (including phenoxy) is 1. The first-order chi connectivity index (χ1) is 12.6.